The molecule has 4 N–H and O–H groups in total. The lowest BCUT2D eigenvalue weighted by atomic mass is 10.0. The summed E-state index contributed by atoms with van der Waals surface area (Å²) >= 11 is 0. The zero-order valence-corrected chi connectivity index (χ0v) is 66.5. The lowest BCUT2D eigenvalue weighted by Gasteiger charge is -2.21. The maximum absolute atomic E-state index is 12.9. The van der Waals surface area contributed by atoms with Gasteiger partial charge in [0.1, 0.15) is 25.4 Å². The first-order valence-corrected chi connectivity index (χ1v) is 43.5. The minimum absolute atomic E-state index is 0.101. The van der Waals surface area contributed by atoms with Crippen LogP contribution >= 0.6 is 15.6 Å². The van der Waals surface area contributed by atoms with Crippen molar-refractivity contribution in [2.24, 2.45) is 0 Å². The molecule has 0 bridgehead atoms. The number of aliphatic hydroxyl groups is 2. The molecule has 103 heavy (non-hydrogen) atoms. The molecule has 5 unspecified atom stereocenters. The van der Waals surface area contributed by atoms with Crippen molar-refractivity contribution in [3.8, 4) is 0 Å². The summed E-state index contributed by atoms with van der Waals surface area (Å²) in [6.07, 6.45) is 93.8. The van der Waals surface area contributed by atoms with E-state index in [1.165, 1.54) is 122 Å². The second kappa shape index (κ2) is 77.3. The van der Waals surface area contributed by atoms with Gasteiger partial charge < -0.3 is 34.2 Å². The molecule has 18 heteroatoms. The molecule has 0 heterocycles. The molecule has 0 aliphatic carbocycles. The number of rotatable bonds is 76. The molecule has 0 rings (SSSR count). The predicted octanol–water partition coefficient (Wildman–Crippen LogP) is 23.9. The normalized spacial score (nSPS) is 14.7. The Morgan fingerprint density at radius 1 is 0.282 bits per heavy atom. The molecule has 0 aliphatic heterocycles. The highest BCUT2D eigenvalue weighted by Gasteiger charge is 2.29. The molecule has 0 aromatic rings. The Bertz CT molecular complexity index is 2410. The molecule has 0 fully saturated rings. The zero-order valence-electron chi connectivity index (χ0n) is 64.7. The van der Waals surface area contributed by atoms with Crippen molar-refractivity contribution in [1.29, 1.82) is 0 Å². The van der Waals surface area contributed by atoms with Crippen LogP contribution in [0.25, 0.3) is 0 Å². The Morgan fingerprint density at radius 3 is 0.816 bits per heavy atom. The van der Waals surface area contributed by atoms with Crippen LogP contribution in [0.4, 0.5) is 0 Å². The fourth-order valence-electron chi connectivity index (χ4n) is 10.8. The van der Waals surface area contributed by atoms with E-state index in [4.69, 9.17) is 32.3 Å². The fraction of sp³-hybridized carbons (Fsp3) is 0.706. The van der Waals surface area contributed by atoms with Crippen molar-refractivity contribution in [1.82, 2.24) is 0 Å². The van der Waals surface area contributed by atoms with Crippen molar-refractivity contribution in [3.05, 3.63) is 134 Å². The van der Waals surface area contributed by atoms with Crippen LogP contribution in [-0.4, -0.2) is 95.9 Å². The van der Waals surface area contributed by atoms with Gasteiger partial charge in [-0.15, -0.1) is 0 Å². The molecule has 16 nitrogen and oxygen atoms in total. The number of phosphoric acid groups is 2. The zero-order chi connectivity index (χ0) is 75.2. The van der Waals surface area contributed by atoms with Gasteiger partial charge in [0.25, 0.3) is 0 Å². The average molecular weight is 1490 g/mol. The quantitative estimate of drug-likeness (QED) is 0.0146. The van der Waals surface area contributed by atoms with Gasteiger partial charge in [-0.05, 0) is 116 Å². The Labute approximate surface area is 626 Å². The number of carbonyl (C=O) groups is 3. The summed E-state index contributed by atoms with van der Waals surface area (Å²) in [5.41, 5.74) is 0. The predicted molar refractivity (Wildman–Crippen MR) is 426 cm³/mol. The lowest BCUT2D eigenvalue weighted by Crippen LogP contribution is -2.30. The van der Waals surface area contributed by atoms with Gasteiger partial charge in [-0.3, -0.25) is 32.5 Å². The van der Waals surface area contributed by atoms with Crippen LogP contribution in [0.5, 0.6) is 0 Å². The number of hydrogen-bond acceptors (Lipinski definition) is 14. The van der Waals surface area contributed by atoms with E-state index in [2.05, 4.69) is 154 Å². The van der Waals surface area contributed by atoms with Crippen molar-refractivity contribution in [2.75, 3.05) is 39.6 Å². The van der Waals surface area contributed by atoms with E-state index >= 15 is 0 Å². The number of aliphatic hydroxyl groups excluding tert-OH is 2. The number of phosphoric ester groups is 2. The van der Waals surface area contributed by atoms with Crippen molar-refractivity contribution < 1.29 is 75.8 Å². The molecule has 0 saturated heterocycles. The van der Waals surface area contributed by atoms with E-state index in [9.17, 15) is 43.5 Å². The van der Waals surface area contributed by atoms with Crippen molar-refractivity contribution >= 4 is 33.6 Å². The van der Waals surface area contributed by atoms with Gasteiger partial charge >= 0.3 is 33.6 Å². The molecule has 0 saturated carbocycles. The maximum Gasteiger partial charge on any atom is 0.472 e. The molecule has 0 aromatic heterocycles. The van der Waals surface area contributed by atoms with Crippen LogP contribution < -0.4 is 0 Å². The highest BCUT2D eigenvalue weighted by Crippen LogP contribution is 2.45. The van der Waals surface area contributed by atoms with Gasteiger partial charge in [0.05, 0.1) is 26.4 Å². The standard InChI is InChI=1S/C85H146O16P2/c1-4-7-10-13-16-19-22-24-26-28-30-32-33-34-35-36-37-38-39-40-41-42-43-44-45-47-49-50-52-54-57-59-62-65-68-71-83(88)95-74-80(86)75-97-102(91,92)98-76-81(87)77-99-103(93,94)100-79-82(101-85(90)73-70-67-64-61-56-21-18-15-12-9-6-3)78-96-84(89)72-69-66-63-60-58-55-53-51-48-46-31-29-27-25-23-20-17-14-11-8-5-2/h7-8,10-11,16-17,19-20,24-27,30-32,34-35,37-38,46,51,53,80-82,86-87H,4-6,9,12-15,18,21-23,28-29,33,36,39-45,47-50,52,54-79H2,1-3H3,(H,91,92)(H,93,94)/b10-7-,11-8-,19-16-,20-17-,26-24-,27-25-,32-30-,35-34-,38-37-,46-31-,53-51-. The molecule has 0 aromatic carbocycles. The molecule has 5 atom stereocenters. The maximum atomic E-state index is 12.9. The average Bonchev–Trinajstić information content (AvgIpc) is 0.913. The van der Waals surface area contributed by atoms with Crippen LogP contribution in [0.3, 0.4) is 0 Å². The Hall–Kier alpha value is -4.31. The summed E-state index contributed by atoms with van der Waals surface area (Å²) in [6, 6.07) is 0. The number of unbranched alkanes of at least 4 members (excludes halogenated alkanes) is 31. The van der Waals surface area contributed by atoms with Gasteiger partial charge in [-0.2, -0.15) is 0 Å². The van der Waals surface area contributed by atoms with Gasteiger partial charge in [-0.1, -0.05) is 328 Å². The third-order valence-electron chi connectivity index (χ3n) is 16.9. The first-order chi connectivity index (χ1) is 50.2. The molecular formula is C85H146O16P2. The Kier molecular flexibility index (Phi) is 74.1. The Morgan fingerprint density at radius 2 is 0.515 bits per heavy atom. The second-order valence-electron chi connectivity index (χ2n) is 26.8. The minimum Gasteiger partial charge on any atom is -0.463 e. The van der Waals surface area contributed by atoms with Crippen LogP contribution in [0.15, 0.2) is 134 Å². The Balaban J connectivity index is 4.36. The third kappa shape index (κ3) is 78.6. The molecule has 592 valence electrons. The highest BCUT2D eigenvalue weighted by molar-refractivity contribution is 7.47. The highest BCUT2D eigenvalue weighted by atomic mass is 31.2. The summed E-state index contributed by atoms with van der Waals surface area (Å²) in [5.74, 6) is -1.59. The van der Waals surface area contributed by atoms with Crippen LogP contribution in [0.1, 0.15) is 329 Å². The number of hydrogen-bond donors (Lipinski definition) is 4. The van der Waals surface area contributed by atoms with E-state index in [0.29, 0.717) is 19.3 Å². The van der Waals surface area contributed by atoms with Gasteiger partial charge in [0.15, 0.2) is 6.10 Å². The molecular weight excluding hydrogens is 1340 g/mol. The smallest absolute Gasteiger partial charge is 0.463 e. The monoisotopic (exact) mass is 1490 g/mol. The minimum atomic E-state index is -4.93. The third-order valence-corrected chi connectivity index (χ3v) is 18.8. The van der Waals surface area contributed by atoms with Crippen molar-refractivity contribution in [3.63, 3.8) is 0 Å². The SMILES string of the molecule is CC/C=C\C/C=C\C/C=C\C/C=C\C/C=C\C/C=C\CCCCCCCCCCCCCCCCCCC(=O)OCC(O)COP(=O)(O)OCC(O)COP(=O)(O)OCC(COC(=O)CCCCCCC/C=C\C/C=C\C/C=C\C/C=C\C/C=C\CC)OC(=O)CCCCCCCCCCCCC. The van der Waals surface area contributed by atoms with Gasteiger partial charge in [-0.25, -0.2) is 9.13 Å². The number of ether oxygens (including phenoxy) is 3. The largest absolute Gasteiger partial charge is 0.472 e. The first kappa shape index (κ1) is 98.7. The second-order valence-corrected chi connectivity index (χ2v) is 29.7. The van der Waals surface area contributed by atoms with E-state index < -0.39 is 91.5 Å². The van der Waals surface area contributed by atoms with Crippen LogP contribution in [0.2, 0.25) is 0 Å². The van der Waals surface area contributed by atoms with Crippen molar-refractivity contribution in [2.45, 2.75) is 347 Å². The number of esters is 3. The summed E-state index contributed by atoms with van der Waals surface area (Å²) < 4.78 is 61.1. The number of carbonyl (C=O) groups excluding carboxylic acids is 3. The first-order valence-electron chi connectivity index (χ1n) is 40.5. The van der Waals surface area contributed by atoms with E-state index in [1.54, 1.807) is 0 Å². The molecule has 0 amide bonds. The number of allylic oxidation sites excluding steroid dienone is 22. The molecule has 0 radical (unpaired) electrons. The van der Waals surface area contributed by atoms with Crippen LogP contribution in [0, 0.1) is 0 Å². The topological polar surface area (TPSA) is 231 Å². The van der Waals surface area contributed by atoms with Gasteiger partial charge in [0.2, 0.25) is 0 Å². The summed E-state index contributed by atoms with van der Waals surface area (Å²) in [7, 11) is -9.79. The summed E-state index contributed by atoms with van der Waals surface area (Å²) in [5, 5.41) is 20.6. The van der Waals surface area contributed by atoms with E-state index in [-0.39, 0.29) is 19.3 Å². The van der Waals surface area contributed by atoms with E-state index in [0.717, 1.165) is 148 Å². The van der Waals surface area contributed by atoms with Gasteiger partial charge in [0, 0.05) is 19.3 Å². The summed E-state index contributed by atoms with van der Waals surface area (Å²) in [6.45, 7) is 2.44. The van der Waals surface area contributed by atoms with E-state index in [1.807, 2.05) is 0 Å². The van der Waals surface area contributed by atoms with Crippen LogP contribution in [-0.2, 0) is 55.8 Å². The molecule has 0 aliphatic rings. The fourth-order valence-corrected chi connectivity index (χ4v) is 12.4. The lowest BCUT2D eigenvalue weighted by molar-refractivity contribution is -0.161. The molecule has 0 spiro atoms. The summed E-state index contributed by atoms with van der Waals surface area (Å²) in [4.78, 5) is 58.5.